The van der Waals surface area contributed by atoms with Crippen molar-refractivity contribution in [1.29, 1.82) is 0 Å². The monoisotopic (exact) mass is 435 g/mol. The number of imidazole rings is 1. The van der Waals surface area contributed by atoms with Crippen molar-refractivity contribution >= 4 is 17.4 Å². The Labute approximate surface area is 189 Å². The highest BCUT2D eigenvalue weighted by molar-refractivity contribution is 6.34. The van der Waals surface area contributed by atoms with Crippen LogP contribution in [0.3, 0.4) is 0 Å². The molecule has 0 spiro atoms. The molecule has 2 heterocycles. The van der Waals surface area contributed by atoms with Crippen molar-refractivity contribution in [3.8, 4) is 0 Å². The van der Waals surface area contributed by atoms with Crippen molar-refractivity contribution in [2.24, 2.45) is 0 Å². The number of hydrogen-bond donors (Lipinski definition) is 0. The Morgan fingerprint density at radius 1 is 1.10 bits per heavy atom. The molecule has 4 nitrogen and oxygen atoms in total. The maximum absolute atomic E-state index is 13.4. The molecule has 2 aromatic carbocycles. The van der Waals surface area contributed by atoms with Crippen molar-refractivity contribution < 1.29 is 4.79 Å². The zero-order chi connectivity index (χ0) is 21.7. The van der Waals surface area contributed by atoms with Gasteiger partial charge in [0.2, 0.25) is 5.78 Å². The van der Waals surface area contributed by atoms with E-state index in [-0.39, 0.29) is 11.4 Å². The third-order valence-corrected chi connectivity index (χ3v) is 6.89. The van der Waals surface area contributed by atoms with E-state index in [1.807, 2.05) is 18.3 Å². The van der Waals surface area contributed by atoms with Gasteiger partial charge < -0.3 is 4.57 Å². The summed E-state index contributed by atoms with van der Waals surface area (Å²) in [5, 5.41) is 0.468. The summed E-state index contributed by atoms with van der Waals surface area (Å²) in [6, 6.07) is 17.9. The van der Waals surface area contributed by atoms with Crippen molar-refractivity contribution in [2.45, 2.75) is 51.1 Å². The predicted molar refractivity (Wildman–Crippen MR) is 126 cm³/mol. The van der Waals surface area contributed by atoms with E-state index in [0.717, 1.165) is 45.2 Å². The van der Waals surface area contributed by atoms with E-state index < -0.39 is 0 Å². The second-order valence-electron chi connectivity index (χ2n) is 8.30. The van der Waals surface area contributed by atoms with Crippen LogP contribution in [0.2, 0.25) is 5.02 Å². The molecule has 1 atom stereocenters. The van der Waals surface area contributed by atoms with Gasteiger partial charge in [0.15, 0.2) is 5.82 Å². The predicted octanol–water partition coefficient (Wildman–Crippen LogP) is 5.95. The van der Waals surface area contributed by atoms with E-state index in [4.69, 9.17) is 11.6 Å². The lowest BCUT2D eigenvalue weighted by molar-refractivity contribution is -0.0246. The van der Waals surface area contributed by atoms with E-state index in [1.165, 1.54) is 12.0 Å². The van der Waals surface area contributed by atoms with Crippen LogP contribution in [0, 0.1) is 0 Å². The Balaban J connectivity index is 1.60. The number of piperidine rings is 1. The van der Waals surface area contributed by atoms with Crippen LogP contribution in [0.1, 0.15) is 60.8 Å². The molecule has 0 amide bonds. The van der Waals surface area contributed by atoms with Crippen LogP contribution in [-0.4, -0.2) is 33.3 Å². The van der Waals surface area contributed by atoms with Crippen LogP contribution in [-0.2, 0) is 12.1 Å². The lowest BCUT2D eigenvalue weighted by Crippen LogP contribution is -2.54. The average molecular weight is 436 g/mol. The fourth-order valence-electron chi connectivity index (χ4n) is 4.93. The van der Waals surface area contributed by atoms with Crippen molar-refractivity contribution in [3.05, 3.63) is 89.0 Å². The van der Waals surface area contributed by atoms with Gasteiger partial charge in [-0.25, -0.2) is 4.98 Å². The first kappa shape index (κ1) is 21.8. The molecule has 1 aliphatic heterocycles. The Bertz CT molecular complexity index is 1020. The van der Waals surface area contributed by atoms with E-state index >= 15 is 0 Å². The normalized spacial score (nSPS) is 19.4. The van der Waals surface area contributed by atoms with E-state index in [1.54, 1.807) is 18.3 Å². The Morgan fingerprint density at radius 2 is 1.87 bits per heavy atom. The quantitative estimate of drug-likeness (QED) is 0.410. The molecule has 5 heteroatoms. The molecule has 31 heavy (non-hydrogen) atoms. The summed E-state index contributed by atoms with van der Waals surface area (Å²) in [4.78, 5) is 20.4. The van der Waals surface area contributed by atoms with Crippen molar-refractivity contribution in [3.63, 3.8) is 0 Å². The van der Waals surface area contributed by atoms with Crippen LogP contribution in [0.25, 0.3) is 0 Å². The molecular weight excluding hydrogens is 406 g/mol. The number of aryl methyl sites for hydroxylation is 1. The standard InChI is InChI=1S/C26H30ClN3O/c1-2-26(16-8-9-18-29(26)19-10-13-21-11-4-3-5-12-21)30-20-17-28-25(30)24(31)22-14-6-7-15-23(22)27/h3-7,11-12,14-15,17,20H,2,8-10,13,16,18-19H2,1H3. The van der Waals surface area contributed by atoms with Gasteiger partial charge in [-0.15, -0.1) is 0 Å². The molecular formula is C26H30ClN3O. The van der Waals surface area contributed by atoms with Crippen LogP contribution in [0.4, 0.5) is 0 Å². The summed E-state index contributed by atoms with van der Waals surface area (Å²) in [6.07, 6.45) is 10.2. The summed E-state index contributed by atoms with van der Waals surface area (Å²) in [7, 11) is 0. The summed E-state index contributed by atoms with van der Waals surface area (Å²) in [5.74, 6) is 0.364. The summed E-state index contributed by atoms with van der Waals surface area (Å²) >= 11 is 6.33. The van der Waals surface area contributed by atoms with Gasteiger partial charge in [0.1, 0.15) is 0 Å². The van der Waals surface area contributed by atoms with Gasteiger partial charge in [-0.2, -0.15) is 0 Å². The van der Waals surface area contributed by atoms with Gasteiger partial charge in [0.05, 0.1) is 10.7 Å². The minimum absolute atomic E-state index is 0.113. The molecule has 1 unspecified atom stereocenters. The number of nitrogens with zero attached hydrogens (tertiary/aromatic N) is 3. The number of carbonyl (C=O) groups excluding carboxylic acids is 1. The largest absolute Gasteiger partial charge is 0.309 e. The molecule has 1 aromatic heterocycles. The summed E-state index contributed by atoms with van der Waals surface area (Å²) in [6.45, 7) is 4.26. The number of likely N-dealkylation sites (tertiary alicyclic amines) is 1. The van der Waals surface area contributed by atoms with Gasteiger partial charge in [-0.05, 0) is 56.2 Å². The van der Waals surface area contributed by atoms with Crippen LogP contribution in [0.5, 0.6) is 0 Å². The number of benzene rings is 2. The highest BCUT2D eigenvalue weighted by atomic mass is 35.5. The zero-order valence-electron chi connectivity index (χ0n) is 18.1. The molecule has 0 N–H and O–H groups in total. The number of hydrogen-bond acceptors (Lipinski definition) is 3. The van der Waals surface area contributed by atoms with Gasteiger partial charge >= 0.3 is 0 Å². The van der Waals surface area contributed by atoms with Gasteiger partial charge in [-0.3, -0.25) is 9.69 Å². The zero-order valence-corrected chi connectivity index (χ0v) is 18.9. The molecule has 0 bridgehead atoms. The second-order valence-corrected chi connectivity index (χ2v) is 8.71. The summed E-state index contributed by atoms with van der Waals surface area (Å²) < 4.78 is 2.13. The smallest absolute Gasteiger partial charge is 0.230 e. The Morgan fingerprint density at radius 3 is 2.65 bits per heavy atom. The van der Waals surface area contributed by atoms with Crippen molar-refractivity contribution in [1.82, 2.24) is 14.5 Å². The van der Waals surface area contributed by atoms with E-state index in [0.29, 0.717) is 16.4 Å². The fraction of sp³-hybridized carbons (Fsp3) is 0.385. The molecule has 0 aliphatic carbocycles. The van der Waals surface area contributed by atoms with E-state index in [2.05, 4.69) is 51.7 Å². The lowest BCUT2D eigenvalue weighted by Gasteiger charge is -2.48. The van der Waals surface area contributed by atoms with Crippen LogP contribution < -0.4 is 0 Å². The highest BCUT2D eigenvalue weighted by Crippen LogP contribution is 2.37. The average Bonchev–Trinajstić information content (AvgIpc) is 3.31. The molecule has 0 saturated carbocycles. The molecule has 1 aliphatic rings. The Kier molecular flexibility index (Phi) is 6.89. The number of carbonyl (C=O) groups is 1. The maximum Gasteiger partial charge on any atom is 0.230 e. The minimum Gasteiger partial charge on any atom is -0.309 e. The Hall–Kier alpha value is -2.43. The molecule has 4 rings (SSSR count). The second kappa shape index (κ2) is 9.80. The van der Waals surface area contributed by atoms with Gasteiger partial charge in [0, 0.05) is 31.0 Å². The number of aromatic nitrogens is 2. The minimum atomic E-state index is -0.225. The highest BCUT2D eigenvalue weighted by Gasteiger charge is 2.40. The molecule has 1 fully saturated rings. The van der Waals surface area contributed by atoms with Gasteiger partial charge in [0.25, 0.3) is 0 Å². The van der Waals surface area contributed by atoms with Crippen molar-refractivity contribution in [2.75, 3.05) is 13.1 Å². The third kappa shape index (κ3) is 4.46. The topological polar surface area (TPSA) is 38.1 Å². The maximum atomic E-state index is 13.4. The molecule has 1 saturated heterocycles. The van der Waals surface area contributed by atoms with E-state index in [9.17, 15) is 4.79 Å². The molecule has 3 aromatic rings. The number of rotatable bonds is 8. The fourth-order valence-corrected chi connectivity index (χ4v) is 5.15. The first-order valence-electron chi connectivity index (χ1n) is 11.3. The number of ketones is 1. The third-order valence-electron chi connectivity index (χ3n) is 6.56. The molecule has 162 valence electrons. The van der Waals surface area contributed by atoms with Crippen LogP contribution >= 0.6 is 11.6 Å². The first-order valence-corrected chi connectivity index (χ1v) is 11.7. The van der Waals surface area contributed by atoms with Gasteiger partial charge in [-0.1, -0.05) is 61.0 Å². The SMILES string of the molecule is CCC1(n2ccnc2C(=O)c2ccccc2Cl)CCCCN1CCCc1ccccc1. The number of halogens is 1. The summed E-state index contributed by atoms with van der Waals surface area (Å²) in [5.41, 5.74) is 1.66. The first-order chi connectivity index (χ1) is 15.2. The molecule has 0 radical (unpaired) electrons. The lowest BCUT2D eigenvalue weighted by atomic mass is 9.91. The van der Waals surface area contributed by atoms with Crippen LogP contribution in [0.15, 0.2) is 67.0 Å².